The summed E-state index contributed by atoms with van der Waals surface area (Å²) in [7, 11) is -1.55. The Morgan fingerprint density at radius 1 is 1.00 bits per heavy atom. The van der Waals surface area contributed by atoms with Gasteiger partial charge in [0.15, 0.2) is 0 Å². The number of hydrogen-bond acceptors (Lipinski definition) is 13. The van der Waals surface area contributed by atoms with E-state index < -0.39 is 57.5 Å². The molecular weight excluding hydrogens is 667 g/mol. The van der Waals surface area contributed by atoms with Crippen molar-refractivity contribution in [3.05, 3.63) is 38.8 Å². The maximum atomic E-state index is 13.6. The summed E-state index contributed by atoms with van der Waals surface area (Å²) >= 11 is 0.906. The van der Waals surface area contributed by atoms with Crippen molar-refractivity contribution in [3.8, 4) is 5.75 Å². The van der Waals surface area contributed by atoms with Crippen LogP contribution in [0.25, 0.3) is 0 Å². The summed E-state index contributed by atoms with van der Waals surface area (Å²) in [5.74, 6) is -0.489. The van der Waals surface area contributed by atoms with E-state index in [0.717, 1.165) is 11.3 Å². The molecule has 0 aliphatic rings. The number of esters is 1. The van der Waals surface area contributed by atoms with Crippen molar-refractivity contribution >= 4 is 45.5 Å². The molecule has 0 aliphatic carbocycles. The molecule has 48 heavy (non-hydrogen) atoms. The van der Waals surface area contributed by atoms with Crippen molar-refractivity contribution in [2.45, 2.75) is 103 Å². The Labute approximate surface area is 285 Å². The number of aryl methyl sites for hydroxylation is 1. The van der Waals surface area contributed by atoms with Gasteiger partial charge in [-0.1, -0.05) is 0 Å². The summed E-state index contributed by atoms with van der Waals surface area (Å²) in [5, 5.41) is 16.3. The number of guanidine groups is 1. The van der Waals surface area contributed by atoms with Gasteiger partial charge in [-0.3, -0.25) is 10.3 Å². The highest BCUT2D eigenvalue weighted by molar-refractivity contribution is 7.90. The highest BCUT2D eigenvalue weighted by atomic mass is 32.2. The van der Waals surface area contributed by atoms with Crippen LogP contribution in [0.1, 0.15) is 91.9 Å². The number of alkyl carbamates (subject to hydrolysis) is 2. The first-order valence-corrected chi connectivity index (χ1v) is 17.3. The van der Waals surface area contributed by atoms with Crippen LogP contribution in [0.3, 0.4) is 0 Å². The normalized spacial score (nSPS) is 13.6. The SMILES string of the molecule is COC(=O)c1cnc(C(O)C(CCCN=C(NC(=O)OC(C)(C)C)NS(=O)(=O)c2c(C)cc(OC)c(C)c2C)NC(=O)OC(C)(C)C)s1. The van der Waals surface area contributed by atoms with E-state index in [1.165, 1.54) is 20.4 Å². The van der Waals surface area contributed by atoms with Gasteiger partial charge in [0.1, 0.15) is 32.9 Å². The maximum absolute atomic E-state index is 13.6. The fraction of sp³-hybridized carbons (Fsp3) is 0.581. The minimum Gasteiger partial charge on any atom is -0.496 e. The fourth-order valence-corrected chi connectivity index (χ4v) is 6.78. The van der Waals surface area contributed by atoms with Crippen LogP contribution < -0.4 is 20.1 Å². The van der Waals surface area contributed by atoms with Gasteiger partial charge in [0.25, 0.3) is 10.0 Å². The molecule has 17 heteroatoms. The second kappa shape index (κ2) is 16.4. The average Bonchev–Trinajstić information content (AvgIpc) is 3.43. The Hall–Kier alpha value is -3.96. The number of thiazole rings is 1. The number of amides is 2. The van der Waals surface area contributed by atoms with Gasteiger partial charge in [0.2, 0.25) is 5.96 Å². The molecule has 2 atom stereocenters. The number of aromatic nitrogens is 1. The number of aliphatic hydroxyl groups is 1. The standard InChI is InChI=1S/C31H47N5O10S2/c1-17-15-21(43-10)18(2)19(3)24(17)48(41,42)36-27(35-29(40)46-31(7,8)9)32-14-12-13-20(34-28(39)45-30(4,5)6)23(37)25-33-16-22(47-25)26(38)44-11/h15-16,20,23,37H,12-14H2,1-11H3,(H,34,39)(H2,32,35,36,40). The number of aliphatic hydroxyl groups excluding tert-OH is 1. The molecule has 1 aromatic heterocycles. The Balaban J connectivity index is 2.37. The summed E-state index contributed by atoms with van der Waals surface area (Å²) < 4.78 is 50.4. The van der Waals surface area contributed by atoms with Gasteiger partial charge in [0, 0.05) is 6.54 Å². The average molecular weight is 714 g/mol. The van der Waals surface area contributed by atoms with E-state index in [1.54, 1.807) is 68.4 Å². The topological polar surface area (TPSA) is 204 Å². The van der Waals surface area contributed by atoms with E-state index in [9.17, 15) is 27.9 Å². The fourth-order valence-electron chi connectivity index (χ4n) is 4.38. The summed E-state index contributed by atoms with van der Waals surface area (Å²) in [5.41, 5.74) is -0.195. The van der Waals surface area contributed by atoms with Gasteiger partial charge in [0.05, 0.1) is 31.4 Å². The molecule has 1 heterocycles. The zero-order valence-electron chi connectivity index (χ0n) is 29.3. The number of sulfonamides is 1. The first-order valence-electron chi connectivity index (χ1n) is 15.0. The maximum Gasteiger partial charge on any atom is 0.414 e. The molecule has 2 amide bonds. The van der Waals surface area contributed by atoms with Crippen molar-refractivity contribution < 1.29 is 46.9 Å². The van der Waals surface area contributed by atoms with Crippen LogP contribution in [0.15, 0.2) is 22.2 Å². The summed E-state index contributed by atoms with van der Waals surface area (Å²) in [6.07, 6.45) is -1.51. The number of carbonyl (C=O) groups excluding carboxylic acids is 3. The van der Waals surface area contributed by atoms with E-state index in [-0.39, 0.29) is 34.2 Å². The quantitative estimate of drug-likeness (QED) is 0.0843. The molecule has 0 spiro atoms. The molecule has 0 saturated heterocycles. The Bertz CT molecular complexity index is 1610. The molecule has 0 saturated carbocycles. The Morgan fingerprint density at radius 2 is 1.60 bits per heavy atom. The van der Waals surface area contributed by atoms with E-state index in [2.05, 4.69) is 25.3 Å². The van der Waals surface area contributed by atoms with Crippen molar-refractivity contribution in [2.75, 3.05) is 20.8 Å². The highest BCUT2D eigenvalue weighted by Crippen LogP contribution is 2.30. The molecule has 2 rings (SSSR count). The largest absolute Gasteiger partial charge is 0.496 e. The van der Waals surface area contributed by atoms with Gasteiger partial charge in [-0.2, -0.15) is 0 Å². The van der Waals surface area contributed by atoms with Crippen LogP contribution in [-0.4, -0.2) is 80.6 Å². The van der Waals surface area contributed by atoms with Crippen LogP contribution in [0, 0.1) is 20.8 Å². The van der Waals surface area contributed by atoms with E-state index in [1.807, 2.05) is 0 Å². The van der Waals surface area contributed by atoms with Gasteiger partial charge >= 0.3 is 18.2 Å². The molecule has 0 aliphatic heterocycles. The van der Waals surface area contributed by atoms with E-state index >= 15 is 0 Å². The molecule has 0 radical (unpaired) electrons. The predicted octanol–water partition coefficient (Wildman–Crippen LogP) is 4.43. The van der Waals surface area contributed by atoms with Gasteiger partial charge in [-0.25, -0.2) is 32.5 Å². The van der Waals surface area contributed by atoms with Crippen LogP contribution in [0.4, 0.5) is 9.59 Å². The molecule has 2 unspecified atom stereocenters. The lowest BCUT2D eigenvalue weighted by atomic mass is 10.1. The minimum absolute atomic E-state index is 0.000919. The molecule has 4 N–H and O–H groups in total. The smallest absolute Gasteiger partial charge is 0.414 e. The monoisotopic (exact) mass is 713 g/mol. The number of benzene rings is 1. The van der Waals surface area contributed by atoms with Crippen molar-refractivity contribution in [1.29, 1.82) is 0 Å². The number of methoxy groups -OCH3 is 2. The zero-order valence-corrected chi connectivity index (χ0v) is 30.9. The summed E-state index contributed by atoms with van der Waals surface area (Å²) in [6, 6.07) is 0.660. The predicted molar refractivity (Wildman–Crippen MR) is 180 cm³/mol. The number of ether oxygens (including phenoxy) is 4. The first-order chi connectivity index (χ1) is 22.1. The number of nitrogens with one attached hydrogen (secondary N) is 3. The first kappa shape index (κ1) is 40.2. The van der Waals surface area contributed by atoms with Crippen LogP contribution in [-0.2, 0) is 24.2 Å². The van der Waals surface area contributed by atoms with Crippen molar-refractivity contribution in [2.24, 2.45) is 4.99 Å². The lowest BCUT2D eigenvalue weighted by Gasteiger charge is -2.26. The number of carbonyl (C=O) groups is 3. The Kier molecular flexibility index (Phi) is 13.8. The third kappa shape index (κ3) is 11.9. The summed E-state index contributed by atoms with van der Waals surface area (Å²) in [4.78, 5) is 45.8. The molecule has 0 fully saturated rings. The summed E-state index contributed by atoms with van der Waals surface area (Å²) in [6.45, 7) is 15.0. The minimum atomic E-state index is -4.27. The van der Waals surface area contributed by atoms with E-state index in [4.69, 9.17) is 18.9 Å². The highest BCUT2D eigenvalue weighted by Gasteiger charge is 2.29. The van der Waals surface area contributed by atoms with Crippen molar-refractivity contribution in [1.82, 2.24) is 20.3 Å². The van der Waals surface area contributed by atoms with Crippen molar-refractivity contribution in [3.63, 3.8) is 0 Å². The third-order valence-electron chi connectivity index (χ3n) is 6.51. The molecule has 0 bridgehead atoms. The number of rotatable bonds is 11. The second-order valence-electron chi connectivity index (χ2n) is 12.8. The van der Waals surface area contributed by atoms with Gasteiger partial charge in [-0.05, 0) is 97.9 Å². The lowest BCUT2D eigenvalue weighted by Crippen LogP contribution is -2.46. The third-order valence-corrected chi connectivity index (χ3v) is 9.18. The lowest BCUT2D eigenvalue weighted by molar-refractivity contribution is 0.0411. The van der Waals surface area contributed by atoms with Crippen LogP contribution >= 0.6 is 11.3 Å². The molecular formula is C31H47N5O10S2. The van der Waals surface area contributed by atoms with Gasteiger partial charge < -0.3 is 29.4 Å². The molecule has 15 nitrogen and oxygen atoms in total. The molecule has 1 aromatic carbocycles. The molecule has 2 aromatic rings. The number of aliphatic imine (C=N–C) groups is 1. The Morgan fingerprint density at radius 3 is 2.17 bits per heavy atom. The second-order valence-corrected chi connectivity index (χ2v) is 15.5. The van der Waals surface area contributed by atoms with Crippen LogP contribution in [0.2, 0.25) is 0 Å². The number of hydrogen-bond donors (Lipinski definition) is 4. The van der Waals surface area contributed by atoms with Gasteiger partial charge in [-0.15, -0.1) is 11.3 Å². The zero-order chi connectivity index (χ0) is 36.6. The van der Waals surface area contributed by atoms with Crippen LogP contribution in [0.5, 0.6) is 5.75 Å². The van der Waals surface area contributed by atoms with E-state index in [0.29, 0.717) is 22.4 Å². The number of nitrogens with zero attached hydrogens (tertiary/aromatic N) is 2. The molecule has 268 valence electrons.